The molecule has 0 unspecified atom stereocenters. The number of carboxylic acids is 1. The molecule has 1 fully saturated rings. The molecular formula is C16H16ClNO2. The fraction of sp³-hybridized carbons (Fsp3) is 0.188. The van der Waals surface area contributed by atoms with Crippen molar-refractivity contribution >= 4 is 5.97 Å². The maximum absolute atomic E-state index is 11.6. The highest BCUT2D eigenvalue weighted by Crippen LogP contribution is 2.60. The second kappa shape index (κ2) is 5.27. The number of benzene rings is 2. The Morgan fingerprint density at radius 3 is 1.55 bits per heavy atom. The molecule has 0 saturated heterocycles. The van der Waals surface area contributed by atoms with Crippen molar-refractivity contribution in [3.8, 4) is 0 Å². The quantitative estimate of drug-likeness (QED) is 0.733. The van der Waals surface area contributed by atoms with Crippen LogP contribution in [0, 0.1) is 0 Å². The second-order valence-corrected chi connectivity index (χ2v) is 5.12. The van der Waals surface area contributed by atoms with Crippen molar-refractivity contribution in [2.45, 2.75) is 17.4 Å². The van der Waals surface area contributed by atoms with E-state index in [1.807, 2.05) is 60.7 Å². The second-order valence-electron chi connectivity index (χ2n) is 5.12. The number of hydrogen-bond acceptors (Lipinski definition) is 1. The first-order valence-corrected chi connectivity index (χ1v) is 6.34. The van der Waals surface area contributed by atoms with Gasteiger partial charge in [0.05, 0.1) is 11.8 Å². The summed E-state index contributed by atoms with van der Waals surface area (Å²) in [7, 11) is 0. The third kappa shape index (κ3) is 2.09. The van der Waals surface area contributed by atoms with Crippen molar-refractivity contribution in [3.63, 3.8) is 0 Å². The average molecular weight is 290 g/mol. The van der Waals surface area contributed by atoms with Crippen molar-refractivity contribution in [3.05, 3.63) is 71.8 Å². The highest BCUT2D eigenvalue weighted by molar-refractivity contribution is 5.86. The predicted molar refractivity (Wildman–Crippen MR) is 71.6 cm³/mol. The summed E-state index contributed by atoms with van der Waals surface area (Å²) < 4.78 is 0. The lowest BCUT2D eigenvalue weighted by atomic mass is 10.0. The number of carboxylic acid groups (broad SMARTS) is 1. The molecule has 0 amide bonds. The smallest absolute Gasteiger partial charge is 0.366 e. The highest BCUT2D eigenvalue weighted by atomic mass is 35.5. The molecule has 4 heteroatoms. The summed E-state index contributed by atoms with van der Waals surface area (Å²) in [5.41, 5.74) is 5.15. The number of hydrogen-bond donors (Lipinski definition) is 2. The minimum atomic E-state index is -0.942. The van der Waals surface area contributed by atoms with Gasteiger partial charge in [-0.2, -0.15) is 0 Å². The largest absolute Gasteiger partial charge is 1.00 e. The van der Waals surface area contributed by atoms with E-state index in [0.29, 0.717) is 0 Å². The summed E-state index contributed by atoms with van der Waals surface area (Å²) in [6, 6.07) is 19.6. The molecule has 20 heavy (non-hydrogen) atoms. The van der Waals surface area contributed by atoms with Crippen LogP contribution in [0.2, 0.25) is 0 Å². The normalized spacial score (nSPS) is 27.4. The molecule has 3 nitrogen and oxygen atoms in total. The third-order valence-electron chi connectivity index (χ3n) is 4.05. The van der Waals surface area contributed by atoms with Crippen LogP contribution in [0.4, 0.5) is 0 Å². The van der Waals surface area contributed by atoms with Crippen LogP contribution in [0.15, 0.2) is 60.7 Å². The zero-order valence-electron chi connectivity index (χ0n) is 10.9. The Kier molecular flexibility index (Phi) is 3.84. The molecule has 4 N–H and O–H groups in total. The zero-order valence-corrected chi connectivity index (χ0v) is 11.6. The van der Waals surface area contributed by atoms with Crippen molar-refractivity contribution in [1.29, 1.82) is 0 Å². The molecule has 1 aliphatic rings. The monoisotopic (exact) mass is 289 g/mol. The average Bonchev–Trinajstić information content (AvgIpc) is 3.09. The first kappa shape index (κ1) is 14.6. The topological polar surface area (TPSA) is 64.9 Å². The van der Waals surface area contributed by atoms with Crippen molar-refractivity contribution < 1.29 is 28.0 Å². The van der Waals surface area contributed by atoms with E-state index < -0.39 is 11.5 Å². The molecule has 2 aromatic carbocycles. The number of halogens is 1. The molecule has 0 bridgehead atoms. The van der Waals surface area contributed by atoms with Crippen molar-refractivity contribution in [2.75, 3.05) is 0 Å². The summed E-state index contributed by atoms with van der Waals surface area (Å²) in [5, 5.41) is 9.51. The van der Waals surface area contributed by atoms with E-state index in [9.17, 15) is 9.90 Å². The van der Waals surface area contributed by atoms with Gasteiger partial charge in [-0.3, -0.25) is 0 Å². The summed E-state index contributed by atoms with van der Waals surface area (Å²) in [5.74, 6) is -0.919. The Labute approximate surface area is 123 Å². The lowest BCUT2D eigenvalue weighted by Gasteiger charge is -2.02. The van der Waals surface area contributed by atoms with Gasteiger partial charge in [0.1, 0.15) is 0 Å². The molecule has 0 spiro atoms. The van der Waals surface area contributed by atoms with Crippen molar-refractivity contribution in [1.82, 2.24) is 0 Å². The summed E-state index contributed by atoms with van der Waals surface area (Å²) >= 11 is 0. The number of quaternary nitrogens is 1. The van der Waals surface area contributed by atoms with Gasteiger partial charge in [-0.1, -0.05) is 60.7 Å². The highest BCUT2D eigenvalue weighted by Gasteiger charge is 2.73. The Bertz CT molecular complexity index is 555. The Balaban J connectivity index is 0.00000147. The van der Waals surface area contributed by atoms with Crippen LogP contribution < -0.4 is 18.1 Å². The summed E-state index contributed by atoms with van der Waals surface area (Å²) in [4.78, 5) is 11.6. The van der Waals surface area contributed by atoms with E-state index in [-0.39, 0.29) is 24.2 Å². The first-order valence-electron chi connectivity index (χ1n) is 6.34. The Hall–Kier alpha value is -1.84. The lowest BCUT2D eigenvalue weighted by Crippen LogP contribution is -3.00. The van der Waals surface area contributed by atoms with Crippen LogP contribution in [0.5, 0.6) is 0 Å². The van der Waals surface area contributed by atoms with Gasteiger partial charge in [0, 0.05) is 0 Å². The van der Waals surface area contributed by atoms with Crippen LogP contribution >= 0.6 is 0 Å². The molecule has 104 valence electrons. The van der Waals surface area contributed by atoms with Crippen molar-refractivity contribution in [2.24, 2.45) is 0 Å². The Morgan fingerprint density at radius 2 is 1.25 bits per heavy atom. The van der Waals surface area contributed by atoms with E-state index in [2.05, 4.69) is 5.73 Å². The maximum Gasteiger partial charge on any atom is 0.366 e. The standard InChI is InChI=1S/C16H15NO2.ClH/c17-16(15(18)19)13(11-7-3-1-4-8-11)14(16)12-9-5-2-6-10-12;/h1-10,13-14H,17H2,(H,18,19);1H/t13-,14-;/m0./s1. The van der Waals surface area contributed by atoms with E-state index >= 15 is 0 Å². The predicted octanol–water partition coefficient (Wildman–Crippen LogP) is -1.36. The van der Waals surface area contributed by atoms with Gasteiger partial charge in [-0.25, -0.2) is 4.79 Å². The summed E-state index contributed by atoms with van der Waals surface area (Å²) in [6.07, 6.45) is 0. The zero-order chi connectivity index (χ0) is 13.5. The van der Waals surface area contributed by atoms with Gasteiger partial charge in [0.15, 0.2) is 0 Å². The molecule has 1 saturated carbocycles. The molecule has 0 aromatic heterocycles. The molecule has 0 heterocycles. The van der Waals surface area contributed by atoms with Gasteiger partial charge in [-0.15, -0.1) is 0 Å². The number of aliphatic carboxylic acids is 1. The molecule has 3 rings (SSSR count). The third-order valence-corrected chi connectivity index (χ3v) is 4.05. The van der Waals surface area contributed by atoms with Crippen LogP contribution in [0.25, 0.3) is 0 Å². The molecule has 2 atom stereocenters. The van der Waals surface area contributed by atoms with Crippen LogP contribution in [0.1, 0.15) is 23.0 Å². The fourth-order valence-corrected chi connectivity index (χ4v) is 3.01. The summed E-state index contributed by atoms with van der Waals surface area (Å²) in [6.45, 7) is 0. The Morgan fingerprint density at radius 1 is 0.900 bits per heavy atom. The van der Waals surface area contributed by atoms with E-state index in [0.717, 1.165) is 11.1 Å². The molecule has 1 aliphatic carbocycles. The molecule has 0 radical (unpaired) electrons. The molecular weight excluding hydrogens is 274 g/mol. The lowest BCUT2D eigenvalue weighted by molar-refractivity contribution is -0.428. The van der Waals surface area contributed by atoms with E-state index in [1.54, 1.807) is 0 Å². The van der Waals surface area contributed by atoms with Crippen LogP contribution in [0.3, 0.4) is 0 Å². The maximum atomic E-state index is 11.6. The number of rotatable bonds is 3. The minimum Gasteiger partial charge on any atom is -1.00 e. The molecule has 2 aromatic rings. The van der Waals surface area contributed by atoms with Gasteiger partial charge in [-0.05, 0) is 11.1 Å². The van der Waals surface area contributed by atoms with Crippen LogP contribution in [-0.4, -0.2) is 16.6 Å². The first-order chi connectivity index (χ1) is 9.15. The van der Waals surface area contributed by atoms with Gasteiger partial charge >= 0.3 is 5.97 Å². The fourth-order valence-electron chi connectivity index (χ4n) is 3.01. The minimum absolute atomic E-state index is 0. The molecule has 0 aliphatic heterocycles. The van der Waals surface area contributed by atoms with E-state index in [4.69, 9.17) is 0 Å². The van der Waals surface area contributed by atoms with Gasteiger partial charge in [0.25, 0.3) is 0 Å². The van der Waals surface area contributed by atoms with Crippen LogP contribution in [-0.2, 0) is 4.79 Å². The number of carbonyl (C=O) groups is 1. The van der Waals surface area contributed by atoms with E-state index in [1.165, 1.54) is 0 Å². The van der Waals surface area contributed by atoms with Gasteiger partial charge < -0.3 is 23.2 Å². The SMILES string of the molecule is [Cl-].[NH3+]C1(C(=O)O)[C@@H](c2ccccc2)[C@@H]1c1ccccc1. The van der Waals surface area contributed by atoms with Gasteiger partial charge in [0.2, 0.25) is 5.54 Å².